The van der Waals surface area contributed by atoms with Gasteiger partial charge in [0.05, 0.1) is 34.3 Å². The van der Waals surface area contributed by atoms with Gasteiger partial charge in [-0.05, 0) is 136 Å². The van der Waals surface area contributed by atoms with Crippen molar-refractivity contribution in [2.45, 2.75) is 150 Å². The second-order valence-electron chi connectivity index (χ2n) is 20.3. The van der Waals surface area contributed by atoms with Crippen LogP contribution in [-0.2, 0) is 32.9 Å². The summed E-state index contributed by atoms with van der Waals surface area (Å²) in [5.74, 6) is 6.64. The van der Waals surface area contributed by atoms with E-state index in [1.165, 1.54) is 5.47 Å². The summed E-state index contributed by atoms with van der Waals surface area (Å²) in [5, 5.41) is 9.50. The van der Waals surface area contributed by atoms with Crippen LogP contribution in [0.2, 0.25) is 0 Å². The molecule has 0 aliphatic carbocycles. The highest BCUT2D eigenvalue weighted by atomic mass is 16.7. The van der Waals surface area contributed by atoms with Crippen molar-refractivity contribution in [3.8, 4) is 17.6 Å². The average molecular weight is 923 g/mol. The third-order valence-corrected chi connectivity index (χ3v) is 13.1. The lowest BCUT2D eigenvalue weighted by atomic mass is 9.74. The van der Waals surface area contributed by atoms with Crippen LogP contribution in [0.3, 0.4) is 0 Å². The second-order valence-corrected chi connectivity index (χ2v) is 20.3. The van der Waals surface area contributed by atoms with Crippen molar-refractivity contribution >= 4 is 43.5 Å². The molecule has 2 aromatic rings. The van der Waals surface area contributed by atoms with Gasteiger partial charge in [-0.15, -0.1) is 0 Å². The van der Waals surface area contributed by atoms with Crippen LogP contribution >= 0.6 is 0 Å². The minimum absolute atomic E-state index is 0.154. The van der Waals surface area contributed by atoms with Crippen LogP contribution in [0.4, 0.5) is 10.6 Å². The highest BCUT2D eigenvalue weighted by Gasteiger charge is 2.53. The van der Waals surface area contributed by atoms with Crippen LogP contribution in [0, 0.1) is 11.8 Å². The lowest BCUT2D eigenvalue weighted by Crippen LogP contribution is -2.41. The van der Waals surface area contributed by atoms with Crippen molar-refractivity contribution in [1.82, 2.24) is 24.7 Å². The molecule has 1 aromatic heterocycles. The Bertz CT molecular complexity index is 2260. The lowest BCUT2D eigenvalue weighted by Gasteiger charge is -2.32. The monoisotopic (exact) mass is 923 g/mol. The molecule has 362 valence electrons. The maximum atomic E-state index is 12.1. The standard InChI is InChI=1S/C20H20N4O2.C16H28BNO4.C14H24BNO3/c1-2-19(26)24-10-8-15(9-11-24)18-13-22-20(21)17(23-18)7-6-14-4-3-5-16(25)12-14;1-14(2,3)20-13(19)18-10-8-12(9-11-18)17-21-15(4,5)16(6,7)22-17;1-6-12(17)16-9-7-11(8-10-16)15-18-13(2,3)14(4,5)19-15/h3-5,8,12-13,25H,2,9-11H2,1H3,(H2,21,22);8H,9-11H2,1-7H3;7H,6,8-10H2,1-5H3. The molecular weight excluding hydrogens is 850 g/mol. The summed E-state index contributed by atoms with van der Waals surface area (Å²) in [4.78, 5) is 49.6. The molecule has 7 rings (SSSR count). The van der Waals surface area contributed by atoms with E-state index in [1.54, 1.807) is 35.4 Å². The Labute approximate surface area is 399 Å². The number of ether oxygens (including phenoxy) is 1. The van der Waals surface area contributed by atoms with Crippen LogP contribution in [0.1, 0.15) is 139 Å². The smallest absolute Gasteiger partial charge is 0.490 e. The number of nitrogens with two attached hydrogens (primary N) is 1. The maximum Gasteiger partial charge on any atom is 0.490 e. The Hall–Kier alpha value is -5.14. The largest absolute Gasteiger partial charge is 0.508 e. The number of aromatic nitrogens is 2. The Balaban J connectivity index is 0.000000191. The van der Waals surface area contributed by atoms with Gasteiger partial charge < -0.3 is 48.9 Å². The molecule has 15 nitrogen and oxygen atoms in total. The van der Waals surface area contributed by atoms with Crippen LogP contribution in [0.25, 0.3) is 5.57 Å². The Morgan fingerprint density at radius 2 is 1.22 bits per heavy atom. The molecule has 6 heterocycles. The fraction of sp³-hybridized carbons (Fsp3) is 0.580. The number of anilines is 1. The molecule has 5 aliphatic rings. The first-order valence-electron chi connectivity index (χ1n) is 23.5. The molecule has 0 spiro atoms. The number of nitrogens with zero attached hydrogens (tertiary/aromatic N) is 5. The van der Waals surface area contributed by atoms with E-state index >= 15 is 0 Å². The maximum absolute atomic E-state index is 12.1. The summed E-state index contributed by atoms with van der Waals surface area (Å²) in [6, 6.07) is 6.68. The Kier molecular flexibility index (Phi) is 16.9. The van der Waals surface area contributed by atoms with Gasteiger partial charge >= 0.3 is 20.3 Å². The third-order valence-electron chi connectivity index (χ3n) is 13.1. The molecule has 67 heavy (non-hydrogen) atoms. The molecule has 0 unspecified atom stereocenters. The van der Waals surface area contributed by atoms with Gasteiger partial charge in [-0.2, -0.15) is 0 Å². The van der Waals surface area contributed by atoms with E-state index < -0.39 is 5.60 Å². The van der Waals surface area contributed by atoms with E-state index in [2.05, 4.69) is 55.6 Å². The molecule has 1 aromatic carbocycles. The highest BCUT2D eigenvalue weighted by Crippen LogP contribution is 2.41. The van der Waals surface area contributed by atoms with Crippen molar-refractivity contribution < 1.29 is 42.8 Å². The number of phenols is 1. The van der Waals surface area contributed by atoms with Crippen LogP contribution in [-0.4, -0.2) is 129 Å². The van der Waals surface area contributed by atoms with Gasteiger partial charge in [-0.25, -0.2) is 14.8 Å². The molecule has 2 fully saturated rings. The van der Waals surface area contributed by atoms with E-state index in [4.69, 9.17) is 29.1 Å². The molecule has 0 bridgehead atoms. The molecule has 2 saturated heterocycles. The predicted molar refractivity (Wildman–Crippen MR) is 262 cm³/mol. The zero-order chi connectivity index (χ0) is 49.5. The van der Waals surface area contributed by atoms with Crippen LogP contribution in [0.5, 0.6) is 5.75 Å². The van der Waals surface area contributed by atoms with E-state index in [9.17, 15) is 19.5 Å². The summed E-state index contributed by atoms with van der Waals surface area (Å²) < 4.78 is 29.6. The van der Waals surface area contributed by atoms with E-state index in [0.29, 0.717) is 56.8 Å². The SMILES string of the molecule is CC(C)(C)OC(=O)N1CC=C(B2OC(C)(C)C(C)(C)O2)CC1.CCC(=O)N1CC=C(B2OC(C)(C)C(C)(C)O2)CC1.CCC(=O)N1CC=C(c2cnc(N)c(C#Cc3cccc(O)c3)n2)CC1. The van der Waals surface area contributed by atoms with E-state index in [1.807, 2.05) is 84.3 Å². The van der Waals surface area contributed by atoms with Gasteiger partial charge in [0.15, 0.2) is 11.5 Å². The van der Waals surface area contributed by atoms with Crippen LogP contribution in [0.15, 0.2) is 59.6 Å². The van der Waals surface area contributed by atoms with Gasteiger partial charge in [0.25, 0.3) is 0 Å². The van der Waals surface area contributed by atoms with Gasteiger partial charge in [-0.3, -0.25) is 9.59 Å². The fourth-order valence-electron chi connectivity index (χ4n) is 7.44. The number of amides is 3. The number of rotatable bonds is 5. The van der Waals surface area contributed by atoms with E-state index in [0.717, 1.165) is 42.5 Å². The minimum Gasteiger partial charge on any atom is -0.508 e. The first-order chi connectivity index (χ1) is 31.2. The molecule has 0 saturated carbocycles. The summed E-state index contributed by atoms with van der Waals surface area (Å²) in [7, 11) is -0.574. The Morgan fingerprint density at radius 3 is 1.64 bits per heavy atom. The van der Waals surface area contributed by atoms with E-state index in [-0.39, 0.29) is 66.1 Å². The summed E-state index contributed by atoms with van der Waals surface area (Å²) in [6.07, 6.45) is 10.9. The molecule has 17 heteroatoms. The highest BCUT2D eigenvalue weighted by molar-refractivity contribution is 6.55. The quantitative estimate of drug-likeness (QED) is 0.223. The molecule has 0 atom stereocenters. The van der Waals surface area contributed by atoms with Crippen molar-refractivity contribution in [2.75, 3.05) is 45.0 Å². The number of hydrogen-bond acceptors (Lipinski definition) is 12. The number of benzene rings is 1. The summed E-state index contributed by atoms with van der Waals surface area (Å²) >= 11 is 0. The predicted octanol–water partition coefficient (Wildman–Crippen LogP) is 7.56. The second kappa shape index (κ2) is 21.4. The van der Waals surface area contributed by atoms with Gasteiger partial charge in [-0.1, -0.05) is 44.1 Å². The number of carbonyl (C=O) groups excluding carboxylic acids is 3. The third kappa shape index (κ3) is 13.7. The van der Waals surface area contributed by atoms with Crippen molar-refractivity contribution in [3.63, 3.8) is 0 Å². The first-order valence-corrected chi connectivity index (χ1v) is 23.5. The zero-order valence-electron chi connectivity index (χ0n) is 42.1. The van der Waals surface area contributed by atoms with Crippen molar-refractivity contribution in [3.05, 3.63) is 76.6 Å². The van der Waals surface area contributed by atoms with Gasteiger partial charge in [0, 0.05) is 57.7 Å². The zero-order valence-corrected chi connectivity index (χ0v) is 42.1. The molecular formula is C50H72B2N6O9. The lowest BCUT2D eigenvalue weighted by molar-refractivity contribution is -0.131. The minimum atomic E-state index is -0.465. The number of carbonyl (C=O) groups is 3. The summed E-state index contributed by atoms with van der Waals surface area (Å²) in [6.45, 7) is 29.7. The number of nitrogen functional groups attached to an aromatic ring is 1. The van der Waals surface area contributed by atoms with Gasteiger partial charge in [0.2, 0.25) is 11.8 Å². The van der Waals surface area contributed by atoms with Crippen LogP contribution < -0.4 is 5.73 Å². The normalized spacial score (nSPS) is 20.4. The summed E-state index contributed by atoms with van der Waals surface area (Å²) in [5.41, 5.74) is 9.28. The Morgan fingerprint density at radius 1 is 0.746 bits per heavy atom. The van der Waals surface area contributed by atoms with Crippen molar-refractivity contribution in [2.24, 2.45) is 0 Å². The van der Waals surface area contributed by atoms with Crippen molar-refractivity contribution in [1.29, 1.82) is 0 Å². The number of aromatic hydroxyl groups is 1. The topological polar surface area (TPSA) is 179 Å². The molecule has 5 aliphatic heterocycles. The fourth-order valence-corrected chi connectivity index (χ4v) is 7.44. The molecule has 0 radical (unpaired) electrons. The average Bonchev–Trinajstić information content (AvgIpc) is 3.64. The number of hydrogen-bond donors (Lipinski definition) is 2. The number of phenolic OH excluding ortho intramolecular Hbond substituents is 1. The van der Waals surface area contributed by atoms with Gasteiger partial charge in [0.1, 0.15) is 11.4 Å². The molecule has 3 N–H and O–H groups in total. The molecule has 3 amide bonds. The first kappa shape index (κ1) is 52.8.